The van der Waals surface area contributed by atoms with Crippen molar-refractivity contribution in [3.05, 3.63) is 24.3 Å². The molecule has 0 bridgehead atoms. The van der Waals surface area contributed by atoms with Crippen LogP contribution in [0.15, 0.2) is 24.3 Å². The smallest absolute Gasteiger partial charge is 0.341 e. The first kappa shape index (κ1) is 21.2. The fourth-order valence-corrected chi connectivity index (χ4v) is 5.98. The van der Waals surface area contributed by atoms with Crippen LogP contribution in [0.5, 0.6) is 5.75 Å². The Morgan fingerprint density at radius 2 is 1.89 bits per heavy atom. The number of sulfone groups is 1. The number of carboxylic acids is 1. The normalized spacial score (nSPS) is 16.7. The molecule has 1 atom stereocenters. The highest BCUT2D eigenvalue weighted by Crippen LogP contribution is 2.29. The summed E-state index contributed by atoms with van der Waals surface area (Å²) in [5, 5.41) is 9.74. The minimum Gasteiger partial charge on any atom is -0.482 e. The van der Waals surface area contributed by atoms with Gasteiger partial charge in [0.2, 0.25) is 5.91 Å². The molecule has 0 aromatic heterocycles. The lowest BCUT2D eigenvalue weighted by Gasteiger charge is -2.28. The van der Waals surface area contributed by atoms with E-state index in [1.165, 1.54) is 6.07 Å². The van der Waals surface area contributed by atoms with Gasteiger partial charge in [0.05, 0.1) is 5.25 Å². The summed E-state index contributed by atoms with van der Waals surface area (Å²) in [6.45, 7) is 2.97. The molecule has 1 saturated carbocycles. The predicted octanol–water partition coefficient (Wildman–Crippen LogP) is 2.86. The van der Waals surface area contributed by atoms with Gasteiger partial charge < -0.3 is 15.2 Å². The molecule has 0 aliphatic heterocycles. The molecule has 1 unspecified atom stereocenters. The van der Waals surface area contributed by atoms with Crippen LogP contribution in [0.3, 0.4) is 0 Å². The second kappa shape index (κ2) is 9.21. The van der Waals surface area contributed by atoms with E-state index >= 15 is 0 Å². The highest BCUT2D eigenvalue weighted by Gasteiger charge is 2.41. The first-order valence-electron chi connectivity index (χ1n) is 9.20. The summed E-state index contributed by atoms with van der Waals surface area (Å²) in [5.74, 6) is -1.75. The highest BCUT2D eigenvalue weighted by molar-refractivity contribution is 7.93. The lowest BCUT2D eigenvalue weighted by Crippen LogP contribution is -2.44. The Morgan fingerprint density at radius 3 is 2.48 bits per heavy atom. The van der Waals surface area contributed by atoms with Gasteiger partial charge in [0.1, 0.15) is 11.0 Å². The maximum absolute atomic E-state index is 13.1. The van der Waals surface area contributed by atoms with Crippen molar-refractivity contribution in [1.29, 1.82) is 0 Å². The number of carboxylic acid groups (broad SMARTS) is 1. The van der Waals surface area contributed by atoms with Crippen LogP contribution >= 0.6 is 0 Å². The average molecular weight is 397 g/mol. The SMILES string of the molecule is CC(C)C(C(=O)Nc1cccc(OCC(=O)O)c1)S(=O)(=O)C1CCCCC1. The molecule has 0 heterocycles. The Labute approximate surface area is 160 Å². The molecule has 1 aromatic carbocycles. The van der Waals surface area contributed by atoms with Gasteiger partial charge >= 0.3 is 5.97 Å². The van der Waals surface area contributed by atoms with Gasteiger partial charge in [-0.25, -0.2) is 13.2 Å². The lowest BCUT2D eigenvalue weighted by molar-refractivity contribution is -0.139. The van der Waals surface area contributed by atoms with Gasteiger partial charge in [0.25, 0.3) is 0 Å². The number of hydrogen-bond donors (Lipinski definition) is 2. The fourth-order valence-electron chi connectivity index (χ4n) is 3.45. The second-order valence-electron chi connectivity index (χ2n) is 7.21. The van der Waals surface area contributed by atoms with E-state index in [2.05, 4.69) is 5.32 Å². The summed E-state index contributed by atoms with van der Waals surface area (Å²) in [6.07, 6.45) is 4.00. The van der Waals surface area contributed by atoms with Crippen molar-refractivity contribution in [2.45, 2.75) is 56.5 Å². The van der Waals surface area contributed by atoms with Crippen molar-refractivity contribution in [3.63, 3.8) is 0 Å². The molecular weight excluding hydrogens is 370 g/mol. The minimum absolute atomic E-state index is 0.284. The number of ether oxygens (including phenoxy) is 1. The van der Waals surface area contributed by atoms with E-state index < -0.39 is 38.8 Å². The third-order valence-electron chi connectivity index (χ3n) is 4.70. The zero-order valence-electron chi connectivity index (χ0n) is 15.7. The lowest BCUT2D eigenvalue weighted by atomic mass is 10.0. The van der Waals surface area contributed by atoms with Crippen molar-refractivity contribution in [3.8, 4) is 5.75 Å². The Bertz CT molecular complexity index is 768. The number of carbonyl (C=O) groups excluding carboxylic acids is 1. The second-order valence-corrected chi connectivity index (χ2v) is 9.57. The summed E-state index contributed by atoms with van der Waals surface area (Å²) >= 11 is 0. The van der Waals surface area contributed by atoms with Gasteiger partial charge in [-0.3, -0.25) is 4.79 Å². The van der Waals surface area contributed by atoms with Crippen molar-refractivity contribution in [2.75, 3.05) is 11.9 Å². The van der Waals surface area contributed by atoms with Gasteiger partial charge in [0.15, 0.2) is 16.4 Å². The monoisotopic (exact) mass is 397 g/mol. The number of benzene rings is 1. The molecule has 0 spiro atoms. The number of nitrogens with one attached hydrogen (secondary N) is 1. The standard InChI is InChI=1S/C19H27NO6S/c1-13(2)18(27(24,25)16-9-4-3-5-10-16)19(23)20-14-7-6-8-15(11-14)26-12-17(21)22/h6-8,11,13,16,18H,3-5,9-10,12H2,1-2H3,(H,20,23)(H,21,22). The average Bonchev–Trinajstić information content (AvgIpc) is 2.60. The molecular formula is C19H27NO6S. The van der Waals surface area contributed by atoms with Crippen LogP contribution in [0.1, 0.15) is 46.0 Å². The number of amides is 1. The van der Waals surface area contributed by atoms with Crippen molar-refractivity contribution in [2.24, 2.45) is 5.92 Å². The van der Waals surface area contributed by atoms with E-state index in [1.54, 1.807) is 32.0 Å². The number of anilines is 1. The fraction of sp³-hybridized carbons (Fsp3) is 0.579. The number of aliphatic carboxylic acids is 1. The van der Waals surface area contributed by atoms with Crippen LogP contribution in [-0.2, 0) is 19.4 Å². The third kappa shape index (κ3) is 5.69. The first-order chi connectivity index (χ1) is 12.7. The summed E-state index contributed by atoms with van der Waals surface area (Å²) in [7, 11) is -3.60. The number of rotatable bonds is 8. The largest absolute Gasteiger partial charge is 0.482 e. The molecule has 1 aliphatic rings. The van der Waals surface area contributed by atoms with E-state index in [1.807, 2.05) is 0 Å². The van der Waals surface area contributed by atoms with Gasteiger partial charge in [-0.05, 0) is 30.9 Å². The molecule has 27 heavy (non-hydrogen) atoms. The Morgan fingerprint density at radius 1 is 1.22 bits per heavy atom. The first-order valence-corrected chi connectivity index (χ1v) is 10.8. The van der Waals surface area contributed by atoms with Crippen LogP contribution in [0.25, 0.3) is 0 Å². The molecule has 0 saturated heterocycles. The molecule has 0 radical (unpaired) electrons. The van der Waals surface area contributed by atoms with E-state index in [-0.39, 0.29) is 11.7 Å². The topological polar surface area (TPSA) is 110 Å². The van der Waals surface area contributed by atoms with Crippen molar-refractivity contribution >= 4 is 27.4 Å². The Hall–Kier alpha value is -2.09. The Kier molecular flexibility index (Phi) is 7.24. The summed E-state index contributed by atoms with van der Waals surface area (Å²) in [4.78, 5) is 23.4. The molecule has 2 rings (SSSR count). The van der Waals surface area contributed by atoms with Crippen LogP contribution in [-0.4, -0.2) is 42.5 Å². The van der Waals surface area contributed by atoms with Crippen LogP contribution in [0.2, 0.25) is 0 Å². The van der Waals surface area contributed by atoms with Crippen LogP contribution < -0.4 is 10.1 Å². The maximum Gasteiger partial charge on any atom is 0.341 e. The summed E-state index contributed by atoms with van der Waals surface area (Å²) < 4.78 is 31.2. The molecule has 1 fully saturated rings. The maximum atomic E-state index is 13.1. The number of carbonyl (C=O) groups is 2. The molecule has 8 heteroatoms. The third-order valence-corrected chi connectivity index (χ3v) is 7.57. The predicted molar refractivity (Wildman–Crippen MR) is 103 cm³/mol. The van der Waals surface area contributed by atoms with E-state index in [4.69, 9.17) is 9.84 Å². The summed E-state index contributed by atoms with van der Waals surface area (Å²) in [6, 6.07) is 6.26. The van der Waals surface area contributed by atoms with Crippen molar-refractivity contribution in [1.82, 2.24) is 0 Å². The minimum atomic E-state index is -3.60. The molecule has 7 nitrogen and oxygen atoms in total. The number of hydrogen-bond acceptors (Lipinski definition) is 5. The highest BCUT2D eigenvalue weighted by atomic mass is 32.2. The molecule has 150 valence electrons. The summed E-state index contributed by atoms with van der Waals surface area (Å²) in [5.41, 5.74) is 0.368. The Balaban J connectivity index is 2.15. The van der Waals surface area contributed by atoms with E-state index in [0.717, 1.165) is 19.3 Å². The van der Waals surface area contributed by atoms with Gasteiger partial charge in [-0.15, -0.1) is 0 Å². The zero-order chi connectivity index (χ0) is 20.0. The van der Waals surface area contributed by atoms with Crippen molar-refractivity contribution < 1.29 is 27.9 Å². The quantitative estimate of drug-likeness (QED) is 0.698. The van der Waals surface area contributed by atoms with E-state index in [9.17, 15) is 18.0 Å². The molecule has 1 amide bonds. The zero-order valence-corrected chi connectivity index (χ0v) is 16.5. The van der Waals surface area contributed by atoms with E-state index in [0.29, 0.717) is 18.5 Å². The molecule has 1 aromatic rings. The van der Waals surface area contributed by atoms with Crippen LogP contribution in [0.4, 0.5) is 5.69 Å². The van der Waals surface area contributed by atoms with Gasteiger partial charge in [-0.1, -0.05) is 39.2 Å². The van der Waals surface area contributed by atoms with Gasteiger partial charge in [0, 0.05) is 11.8 Å². The van der Waals surface area contributed by atoms with Gasteiger partial charge in [-0.2, -0.15) is 0 Å². The van der Waals surface area contributed by atoms with Crippen LogP contribution in [0, 0.1) is 5.92 Å². The molecule has 1 aliphatic carbocycles. The molecule has 2 N–H and O–H groups in total.